The smallest absolute Gasteiger partial charge is 0.278 e. The summed E-state index contributed by atoms with van der Waals surface area (Å²) in [6.07, 6.45) is 0.258. The summed E-state index contributed by atoms with van der Waals surface area (Å²) in [6, 6.07) is 3.15. The second kappa shape index (κ2) is 4.75. The van der Waals surface area contributed by atoms with Gasteiger partial charge in [-0.15, -0.1) is 0 Å². The summed E-state index contributed by atoms with van der Waals surface area (Å²) in [4.78, 5) is 24.6. The Hall–Kier alpha value is -1.60. The fourth-order valence-electron chi connectivity index (χ4n) is 2.20. The number of rotatable bonds is 1. The summed E-state index contributed by atoms with van der Waals surface area (Å²) in [5, 5.41) is 7.96. The number of nitrogens with zero attached hydrogens (tertiary/aromatic N) is 3. The largest absolute Gasteiger partial charge is 0.329 e. The highest BCUT2D eigenvalue weighted by Crippen LogP contribution is 2.33. The van der Waals surface area contributed by atoms with E-state index < -0.39 is 6.03 Å². The molecule has 0 saturated carbocycles. The van der Waals surface area contributed by atoms with Crippen molar-refractivity contribution in [1.82, 2.24) is 15.1 Å². The van der Waals surface area contributed by atoms with Crippen LogP contribution < -0.4 is 10.2 Å². The fraction of sp³-hybridized carbons (Fsp3) is 0.250. The lowest BCUT2D eigenvalue weighted by Gasteiger charge is -2.24. The quantitative estimate of drug-likeness (QED) is 0.852. The molecule has 0 unspecified atom stereocenters. The van der Waals surface area contributed by atoms with Gasteiger partial charge in [0.05, 0.1) is 10.5 Å². The lowest BCUT2D eigenvalue weighted by molar-refractivity contribution is -0.120. The van der Waals surface area contributed by atoms with Gasteiger partial charge in [0.1, 0.15) is 0 Å². The molecule has 8 heteroatoms. The van der Waals surface area contributed by atoms with Gasteiger partial charge in [0.25, 0.3) is 0 Å². The van der Waals surface area contributed by atoms with Gasteiger partial charge in [-0.3, -0.25) is 19.7 Å². The number of fused-ring (bicyclic) bond motifs is 1. The van der Waals surface area contributed by atoms with Crippen molar-refractivity contribution in [3.63, 3.8) is 0 Å². The van der Waals surface area contributed by atoms with Crippen LogP contribution in [0.3, 0.4) is 0 Å². The number of nitrogens with one attached hydrogen (secondary N) is 1. The SMILES string of the molecule is Cn1nc(N2CCC(=O)NC2=O)c2cc(Cl)c(Br)cc21. The van der Waals surface area contributed by atoms with Crippen molar-refractivity contribution in [3.05, 3.63) is 21.6 Å². The highest BCUT2D eigenvalue weighted by atomic mass is 79.9. The van der Waals surface area contributed by atoms with Crippen LogP contribution in [-0.4, -0.2) is 28.3 Å². The maximum atomic E-state index is 11.9. The molecule has 0 aliphatic carbocycles. The van der Waals surface area contributed by atoms with Gasteiger partial charge in [-0.25, -0.2) is 4.79 Å². The molecule has 1 N–H and O–H groups in total. The van der Waals surface area contributed by atoms with Crippen LogP contribution in [0.25, 0.3) is 10.9 Å². The Morgan fingerprint density at radius 2 is 2.15 bits per heavy atom. The fourth-order valence-corrected chi connectivity index (χ4v) is 2.69. The molecule has 0 radical (unpaired) electrons. The van der Waals surface area contributed by atoms with Crippen LogP contribution in [0.4, 0.5) is 10.6 Å². The normalized spacial score (nSPS) is 15.8. The first-order valence-corrected chi connectivity index (χ1v) is 7.07. The molecule has 104 valence electrons. The van der Waals surface area contributed by atoms with Gasteiger partial charge in [-0.2, -0.15) is 5.10 Å². The van der Waals surface area contributed by atoms with Crippen molar-refractivity contribution in [2.24, 2.45) is 7.05 Å². The Morgan fingerprint density at radius 3 is 2.85 bits per heavy atom. The lowest BCUT2D eigenvalue weighted by Crippen LogP contribution is -2.49. The minimum absolute atomic E-state index is 0.258. The number of hydrogen-bond acceptors (Lipinski definition) is 3. The highest BCUT2D eigenvalue weighted by Gasteiger charge is 2.28. The van der Waals surface area contributed by atoms with E-state index in [-0.39, 0.29) is 12.3 Å². The van der Waals surface area contributed by atoms with Crippen LogP contribution >= 0.6 is 27.5 Å². The number of aromatic nitrogens is 2. The van der Waals surface area contributed by atoms with Crippen molar-refractivity contribution in [1.29, 1.82) is 0 Å². The van der Waals surface area contributed by atoms with Crippen molar-refractivity contribution in [3.8, 4) is 0 Å². The Kier molecular flexibility index (Phi) is 3.18. The highest BCUT2D eigenvalue weighted by molar-refractivity contribution is 9.10. The summed E-state index contributed by atoms with van der Waals surface area (Å²) in [5.74, 6) is 0.231. The van der Waals surface area contributed by atoms with E-state index in [1.54, 1.807) is 17.8 Å². The molecule has 1 aromatic carbocycles. The third-order valence-electron chi connectivity index (χ3n) is 3.18. The summed E-state index contributed by atoms with van der Waals surface area (Å²) in [6.45, 7) is 0.310. The summed E-state index contributed by atoms with van der Waals surface area (Å²) >= 11 is 9.48. The number of carbonyl (C=O) groups is 2. The first kappa shape index (κ1) is 13.4. The van der Waals surface area contributed by atoms with E-state index in [9.17, 15) is 9.59 Å². The van der Waals surface area contributed by atoms with E-state index in [0.29, 0.717) is 17.4 Å². The molecule has 1 fully saturated rings. The number of urea groups is 1. The van der Waals surface area contributed by atoms with Gasteiger partial charge in [0.15, 0.2) is 5.82 Å². The Bertz CT molecular complexity index is 743. The molecule has 2 heterocycles. The van der Waals surface area contributed by atoms with Crippen molar-refractivity contribution in [2.75, 3.05) is 11.4 Å². The number of imide groups is 1. The average molecular weight is 358 g/mol. The predicted octanol–water partition coefficient (Wildman–Crippen LogP) is 2.44. The molecule has 1 aliphatic heterocycles. The van der Waals surface area contributed by atoms with E-state index in [4.69, 9.17) is 11.6 Å². The van der Waals surface area contributed by atoms with Gasteiger partial charge in [-0.05, 0) is 28.1 Å². The molecular weight excluding hydrogens is 348 g/mol. The zero-order valence-corrected chi connectivity index (χ0v) is 12.8. The van der Waals surface area contributed by atoms with E-state index in [2.05, 4.69) is 26.3 Å². The average Bonchev–Trinajstić information content (AvgIpc) is 2.67. The number of carbonyl (C=O) groups excluding carboxylic acids is 2. The molecule has 20 heavy (non-hydrogen) atoms. The first-order valence-electron chi connectivity index (χ1n) is 5.90. The zero-order chi connectivity index (χ0) is 14.4. The summed E-state index contributed by atoms with van der Waals surface area (Å²) in [7, 11) is 1.79. The molecule has 1 aliphatic rings. The van der Waals surface area contributed by atoms with Gasteiger partial charge in [-0.1, -0.05) is 11.6 Å². The molecule has 1 aromatic heterocycles. The standard InChI is InChI=1S/C12H10BrClN4O2/c1-17-9-5-7(13)8(14)4-6(9)11(16-17)18-3-2-10(19)15-12(18)20/h4-5H,2-3H2,1H3,(H,15,19,20). The molecule has 3 amide bonds. The van der Waals surface area contributed by atoms with Crippen LogP contribution in [-0.2, 0) is 11.8 Å². The molecule has 6 nitrogen and oxygen atoms in total. The summed E-state index contributed by atoms with van der Waals surface area (Å²) < 4.78 is 2.44. The van der Waals surface area contributed by atoms with Crippen molar-refractivity contribution in [2.45, 2.75) is 6.42 Å². The lowest BCUT2D eigenvalue weighted by atomic mass is 10.2. The van der Waals surface area contributed by atoms with Crippen LogP contribution in [0.5, 0.6) is 0 Å². The molecule has 0 spiro atoms. The van der Waals surface area contributed by atoms with Crippen molar-refractivity contribution < 1.29 is 9.59 Å². The van der Waals surface area contributed by atoms with E-state index in [1.807, 2.05) is 6.07 Å². The number of amides is 3. The Labute approximate surface area is 127 Å². The molecule has 0 atom stereocenters. The summed E-state index contributed by atoms with van der Waals surface area (Å²) in [5.41, 5.74) is 0.848. The predicted molar refractivity (Wildman–Crippen MR) is 78.9 cm³/mol. The number of halogens is 2. The molecule has 1 saturated heterocycles. The van der Waals surface area contributed by atoms with Crippen LogP contribution in [0, 0.1) is 0 Å². The van der Waals surface area contributed by atoms with Crippen LogP contribution in [0.2, 0.25) is 5.02 Å². The zero-order valence-electron chi connectivity index (χ0n) is 10.5. The van der Waals surface area contributed by atoms with Gasteiger partial charge in [0, 0.05) is 29.9 Å². The Balaban J connectivity index is 2.14. The maximum absolute atomic E-state index is 11.9. The molecular formula is C12H10BrClN4O2. The molecule has 2 aromatic rings. The van der Waals surface area contributed by atoms with Crippen LogP contribution in [0.15, 0.2) is 16.6 Å². The molecule has 3 rings (SSSR count). The van der Waals surface area contributed by atoms with Gasteiger partial charge < -0.3 is 0 Å². The minimum Gasteiger partial charge on any atom is -0.278 e. The van der Waals surface area contributed by atoms with Gasteiger partial charge in [0.2, 0.25) is 5.91 Å². The topological polar surface area (TPSA) is 67.2 Å². The van der Waals surface area contributed by atoms with E-state index in [0.717, 1.165) is 15.4 Å². The third kappa shape index (κ3) is 2.06. The monoisotopic (exact) mass is 356 g/mol. The van der Waals surface area contributed by atoms with Crippen LogP contribution in [0.1, 0.15) is 6.42 Å². The second-order valence-electron chi connectivity index (χ2n) is 4.49. The molecule has 0 bridgehead atoms. The number of benzene rings is 1. The van der Waals surface area contributed by atoms with E-state index in [1.165, 1.54) is 4.90 Å². The number of aryl methyl sites for hydroxylation is 1. The third-order valence-corrected chi connectivity index (χ3v) is 4.38. The Morgan fingerprint density at radius 1 is 1.40 bits per heavy atom. The second-order valence-corrected chi connectivity index (χ2v) is 5.75. The van der Waals surface area contributed by atoms with Gasteiger partial charge >= 0.3 is 6.03 Å². The number of hydrogen-bond donors (Lipinski definition) is 1. The van der Waals surface area contributed by atoms with E-state index >= 15 is 0 Å². The van der Waals surface area contributed by atoms with Crippen molar-refractivity contribution >= 4 is 56.2 Å². The minimum atomic E-state index is -0.458. The number of anilines is 1. The maximum Gasteiger partial charge on any atom is 0.329 e. The first-order chi connectivity index (χ1) is 9.47.